The lowest BCUT2D eigenvalue weighted by molar-refractivity contribution is 0.354. The van der Waals surface area contributed by atoms with Gasteiger partial charge >= 0.3 is 0 Å². The molecule has 0 spiro atoms. The van der Waals surface area contributed by atoms with Crippen LogP contribution >= 0.6 is 11.6 Å². The quantitative estimate of drug-likeness (QED) is 0.790. The van der Waals surface area contributed by atoms with Crippen molar-refractivity contribution in [1.82, 2.24) is 5.32 Å². The van der Waals surface area contributed by atoms with E-state index in [1.807, 2.05) is 36.4 Å². The van der Waals surface area contributed by atoms with E-state index in [0.717, 1.165) is 17.9 Å². The number of rotatable bonds is 7. The molecule has 1 N–H and O–H groups in total. The first-order valence-electron chi connectivity index (χ1n) is 6.83. The molecule has 1 atom stereocenters. The lowest BCUT2D eigenvalue weighted by Gasteiger charge is -2.18. The molecule has 0 amide bonds. The van der Waals surface area contributed by atoms with Crippen molar-refractivity contribution in [3.8, 4) is 11.5 Å². The van der Waals surface area contributed by atoms with Crippen LogP contribution in [-0.4, -0.2) is 20.1 Å². The number of benzene rings is 2. The molecule has 0 aromatic heterocycles. The summed E-state index contributed by atoms with van der Waals surface area (Å²) in [5.41, 5.74) is 2.31. The smallest absolute Gasteiger partial charge is 0.161 e. The van der Waals surface area contributed by atoms with Crippen molar-refractivity contribution < 1.29 is 9.47 Å². The van der Waals surface area contributed by atoms with Gasteiger partial charge in [-0.05, 0) is 23.3 Å². The molecule has 0 aliphatic carbocycles. The van der Waals surface area contributed by atoms with Gasteiger partial charge in [-0.2, -0.15) is 0 Å². The molecule has 0 bridgehead atoms. The Balaban J connectivity index is 2.10. The fourth-order valence-electron chi connectivity index (χ4n) is 2.17. The van der Waals surface area contributed by atoms with Crippen LogP contribution in [0.15, 0.2) is 48.5 Å². The molecule has 21 heavy (non-hydrogen) atoms. The van der Waals surface area contributed by atoms with E-state index in [1.165, 1.54) is 5.56 Å². The number of alkyl halides is 1. The van der Waals surface area contributed by atoms with Crippen LogP contribution in [0, 0.1) is 0 Å². The number of hydrogen-bond donors (Lipinski definition) is 1. The highest BCUT2D eigenvalue weighted by Crippen LogP contribution is 2.30. The van der Waals surface area contributed by atoms with Crippen LogP contribution in [0.3, 0.4) is 0 Å². The summed E-state index contributed by atoms with van der Waals surface area (Å²) >= 11 is 6.10. The largest absolute Gasteiger partial charge is 0.493 e. The summed E-state index contributed by atoms with van der Waals surface area (Å²) in [4.78, 5) is 0. The third kappa shape index (κ3) is 4.13. The molecule has 2 rings (SSSR count). The molecule has 0 saturated carbocycles. The molecule has 0 aliphatic rings. The van der Waals surface area contributed by atoms with E-state index in [-0.39, 0.29) is 6.04 Å². The predicted octanol–water partition coefficient (Wildman–Crippen LogP) is 3.77. The van der Waals surface area contributed by atoms with Gasteiger partial charge in [-0.25, -0.2) is 0 Å². The monoisotopic (exact) mass is 305 g/mol. The van der Waals surface area contributed by atoms with E-state index < -0.39 is 0 Å². The standard InChI is InChI=1S/C17H20ClNO2/c1-20-16-9-8-14(10-17(16)21-2)15(11-18)19-12-13-6-4-3-5-7-13/h3-10,15,19H,11-12H2,1-2H3. The third-order valence-corrected chi connectivity index (χ3v) is 3.67. The number of ether oxygens (including phenoxy) is 2. The highest BCUT2D eigenvalue weighted by molar-refractivity contribution is 6.18. The lowest BCUT2D eigenvalue weighted by atomic mass is 10.1. The number of halogens is 1. The first-order chi connectivity index (χ1) is 10.3. The number of hydrogen-bond acceptors (Lipinski definition) is 3. The van der Waals surface area contributed by atoms with Gasteiger partial charge in [0.2, 0.25) is 0 Å². The minimum Gasteiger partial charge on any atom is -0.493 e. The van der Waals surface area contributed by atoms with Crippen molar-refractivity contribution in [1.29, 1.82) is 0 Å². The summed E-state index contributed by atoms with van der Waals surface area (Å²) < 4.78 is 10.6. The normalized spacial score (nSPS) is 12.0. The Hall–Kier alpha value is -1.71. The topological polar surface area (TPSA) is 30.5 Å². The summed E-state index contributed by atoms with van der Waals surface area (Å²) in [5, 5.41) is 3.46. The van der Waals surface area contributed by atoms with Crippen molar-refractivity contribution >= 4 is 11.6 Å². The van der Waals surface area contributed by atoms with Crippen molar-refractivity contribution in [2.24, 2.45) is 0 Å². The first kappa shape index (κ1) is 15.7. The van der Waals surface area contributed by atoms with E-state index in [2.05, 4.69) is 17.4 Å². The third-order valence-electron chi connectivity index (χ3n) is 3.36. The molecule has 0 saturated heterocycles. The molecule has 1 unspecified atom stereocenters. The van der Waals surface area contributed by atoms with Crippen LogP contribution in [0.1, 0.15) is 17.2 Å². The lowest BCUT2D eigenvalue weighted by Crippen LogP contribution is -2.22. The number of nitrogens with one attached hydrogen (secondary N) is 1. The molecule has 0 radical (unpaired) electrons. The summed E-state index contributed by atoms with van der Waals surface area (Å²) in [7, 11) is 3.26. The Morgan fingerprint density at radius 3 is 2.33 bits per heavy atom. The highest BCUT2D eigenvalue weighted by Gasteiger charge is 2.13. The Morgan fingerprint density at radius 1 is 1.00 bits per heavy atom. The Bertz CT molecular complexity index is 560. The average molecular weight is 306 g/mol. The molecule has 0 aliphatic heterocycles. The maximum absolute atomic E-state index is 6.10. The molecule has 112 valence electrons. The molecule has 4 heteroatoms. The Labute approximate surface area is 130 Å². The van der Waals surface area contributed by atoms with Gasteiger partial charge in [-0.1, -0.05) is 36.4 Å². The molecule has 2 aromatic carbocycles. The van der Waals surface area contributed by atoms with Gasteiger partial charge in [-0.15, -0.1) is 11.6 Å². The summed E-state index contributed by atoms with van der Waals surface area (Å²) in [6.07, 6.45) is 0. The molecular weight excluding hydrogens is 286 g/mol. The van der Waals surface area contributed by atoms with E-state index in [0.29, 0.717) is 11.6 Å². The minimum atomic E-state index is 0.0617. The van der Waals surface area contributed by atoms with Crippen molar-refractivity contribution in [2.45, 2.75) is 12.6 Å². The van der Waals surface area contributed by atoms with Crippen LogP contribution < -0.4 is 14.8 Å². The second-order valence-electron chi connectivity index (χ2n) is 4.69. The molecule has 2 aromatic rings. The van der Waals surface area contributed by atoms with Gasteiger partial charge in [0.05, 0.1) is 14.2 Å². The van der Waals surface area contributed by atoms with Gasteiger partial charge in [0.1, 0.15) is 0 Å². The fourth-order valence-corrected chi connectivity index (χ4v) is 2.46. The van der Waals surface area contributed by atoms with E-state index in [4.69, 9.17) is 21.1 Å². The van der Waals surface area contributed by atoms with Gasteiger partial charge in [0, 0.05) is 18.5 Å². The van der Waals surface area contributed by atoms with E-state index in [1.54, 1.807) is 14.2 Å². The SMILES string of the molecule is COc1ccc(C(CCl)NCc2ccccc2)cc1OC. The second kappa shape index (κ2) is 7.91. The molecular formula is C17H20ClNO2. The fraction of sp³-hybridized carbons (Fsp3) is 0.294. The van der Waals surface area contributed by atoms with Crippen molar-refractivity contribution in [3.63, 3.8) is 0 Å². The van der Waals surface area contributed by atoms with Gasteiger partial charge < -0.3 is 14.8 Å². The second-order valence-corrected chi connectivity index (χ2v) is 5.00. The predicted molar refractivity (Wildman–Crippen MR) is 86.3 cm³/mol. The zero-order chi connectivity index (χ0) is 15.1. The van der Waals surface area contributed by atoms with Crippen LogP contribution in [0.25, 0.3) is 0 Å². The zero-order valence-electron chi connectivity index (χ0n) is 12.3. The maximum Gasteiger partial charge on any atom is 0.161 e. The van der Waals surface area contributed by atoms with Crippen molar-refractivity contribution in [3.05, 3.63) is 59.7 Å². The Morgan fingerprint density at radius 2 is 1.71 bits per heavy atom. The highest BCUT2D eigenvalue weighted by atomic mass is 35.5. The summed E-state index contributed by atoms with van der Waals surface area (Å²) in [6, 6.07) is 16.2. The summed E-state index contributed by atoms with van der Waals surface area (Å²) in [6.45, 7) is 0.770. The minimum absolute atomic E-state index is 0.0617. The van der Waals surface area contributed by atoms with E-state index >= 15 is 0 Å². The molecule has 0 fully saturated rings. The van der Waals surface area contributed by atoms with Gasteiger partial charge in [0.25, 0.3) is 0 Å². The van der Waals surface area contributed by atoms with Crippen LogP contribution in [0.5, 0.6) is 11.5 Å². The zero-order valence-corrected chi connectivity index (χ0v) is 13.1. The van der Waals surface area contributed by atoms with Gasteiger partial charge in [0.15, 0.2) is 11.5 Å². The number of methoxy groups -OCH3 is 2. The maximum atomic E-state index is 6.10. The van der Waals surface area contributed by atoms with E-state index in [9.17, 15) is 0 Å². The van der Waals surface area contributed by atoms with Crippen LogP contribution in [-0.2, 0) is 6.54 Å². The van der Waals surface area contributed by atoms with Crippen molar-refractivity contribution in [2.75, 3.05) is 20.1 Å². The van der Waals surface area contributed by atoms with Crippen LogP contribution in [0.4, 0.5) is 0 Å². The molecule has 3 nitrogen and oxygen atoms in total. The summed E-state index contributed by atoms with van der Waals surface area (Å²) in [5.74, 6) is 1.92. The first-order valence-corrected chi connectivity index (χ1v) is 7.37. The molecule has 0 heterocycles. The van der Waals surface area contributed by atoms with Crippen LogP contribution in [0.2, 0.25) is 0 Å². The average Bonchev–Trinajstić information content (AvgIpc) is 2.56. The van der Waals surface area contributed by atoms with Gasteiger partial charge in [-0.3, -0.25) is 0 Å². The Kier molecular flexibility index (Phi) is 5.90.